The van der Waals surface area contributed by atoms with Crippen molar-refractivity contribution in [3.05, 3.63) is 59.2 Å². The Kier molecular flexibility index (Phi) is 4.08. The molecule has 0 amide bonds. The summed E-state index contributed by atoms with van der Waals surface area (Å²) in [5, 5.41) is 7.37. The first kappa shape index (κ1) is 14.1. The maximum Gasteiger partial charge on any atom is 0.130 e. The minimum absolute atomic E-state index is 0.0644. The second-order valence-electron chi connectivity index (χ2n) is 5.22. The van der Waals surface area contributed by atoms with E-state index in [-0.39, 0.29) is 5.84 Å². The molecule has 0 atom stereocenters. The van der Waals surface area contributed by atoms with E-state index in [1.165, 1.54) is 5.56 Å². The average molecular weight is 268 g/mol. The van der Waals surface area contributed by atoms with Gasteiger partial charge < -0.3 is 10.5 Å². The van der Waals surface area contributed by atoms with Crippen LogP contribution in [-0.4, -0.2) is 5.84 Å². The predicted molar refractivity (Wildman–Crippen MR) is 82.8 cm³/mol. The molecule has 0 aliphatic rings. The van der Waals surface area contributed by atoms with E-state index >= 15 is 0 Å². The molecule has 0 spiro atoms. The van der Waals surface area contributed by atoms with Gasteiger partial charge in [0.05, 0.1) is 0 Å². The first-order valence-corrected chi connectivity index (χ1v) is 6.70. The van der Waals surface area contributed by atoms with Gasteiger partial charge in [-0.15, -0.1) is 0 Å². The van der Waals surface area contributed by atoms with Gasteiger partial charge in [-0.3, -0.25) is 5.41 Å². The Labute approximate surface area is 119 Å². The van der Waals surface area contributed by atoms with Crippen LogP contribution in [0.5, 0.6) is 11.5 Å². The van der Waals surface area contributed by atoms with Gasteiger partial charge in [0.1, 0.15) is 17.3 Å². The Balaban J connectivity index is 2.25. The quantitative estimate of drug-likeness (QED) is 0.645. The van der Waals surface area contributed by atoms with Crippen LogP contribution in [0.25, 0.3) is 0 Å². The molecule has 0 saturated heterocycles. The molecule has 3 heteroatoms. The Hall–Kier alpha value is -2.29. The maximum atomic E-state index is 7.37. The molecule has 0 fully saturated rings. The number of hydrogen-bond donors (Lipinski definition) is 2. The molecule has 0 bridgehead atoms. The molecule has 104 valence electrons. The summed E-state index contributed by atoms with van der Waals surface area (Å²) >= 11 is 0. The molecule has 0 saturated carbocycles. The van der Waals surface area contributed by atoms with Gasteiger partial charge in [0, 0.05) is 5.56 Å². The van der Waals surface area contributed by atoms with Crippen molar-refractivity contribution in [3.63, 3.8) is 0 Å². The zero-order valence-electron chi connectivity index (χ0n) is 12.1. The molecule has 0 radical (unpaired) electrons. The van der Waals surface area contributed by atoms with Crippen LogP contribution in [0.3, 0.4) is 0 Å². The van der Waals surface area contributed by atoms with Crippen LogP contribution >= 0.6 is 0 Å². The van der Waals surface area contributed by atoms with Crippen molar-refractivity contribution in [2.45, 2.75) is 26.7 Å². The third kappa shape index (κ3) is 3.18. The number of hydrogen-bond acceptors (Lipinski definition) is 2. The normalized spacial score (nSPS) is 10.6. The van der Waals surface area contributed by atoms with Crippen LogP contribution in [0.1, 0.15) is 36.5 Å². The molecule has 2 aromatic rings. The third-order valence-corrected chi connectivity index (χ3v) is 3.27. The van der Waals surface area contributed by atoms with E-state index in [1.54, 1.807) is 12.1 Å². The van der Waals surface area contributed by atoms with E-state index in [4.69, 9.17) is 15.9 Å². The van der Waals surface area contributed by atoms with E-state index in [1.807, 2.05) is 19.1 Å². The van der Waals surface area contributed by atoms with Crippen LogP contribution in [0, 0.1) is 12.3 Å². The van der Waals surface area contributed by atoms with Gasteiger partial charge in [0.2, 0.25) is 0 Å². The van der Waals surface area contributed by atoms with Crippen molar-refractivity contribution >= 4 is 5.84 Å². The van der Waals surface area contributed by atoms with Gasteiger partial charge in [-0.05, 0) is 54.3 Å². The fourth-order valence-electron chi connectivity index (χ4n) is 1.92. The lowest BCUT2D eigenvalue weighted by Crippen LogP contribution is -2.10. The number of aryl methyl sites for hydroxylation is 1. The zero-order valence-corrected chi connectivity index (χ0v) is 12.1. The summed E-state index contributed by atoms with van der Waals surface area (Å²) in [4.78, 5) is 0. The summed E-state index contributed by atoms with van der Waals surface area (Å²) in [6.07, 6.45) is 0. The highest BCUT2D eigenvalue weighted by Crippen LogP contribution is 2.28. The lowest BCUT2D eigenvalue weighted by molar-refractivity contribution is 0.477. The first-order valence-electron chi connectivity index (χ1n) is 6.70. The van der Waals surface area contributed by atoms with E-state index in [0.717, 1.165) is 17.1 Å². The second kappa shape index (κ2) is 5.78. The summed E-state index contributed by atoms with van der Waals surface area (Å²) in [5.74, 6) is 2.15. The number of ether oxygens (including phenoxy) is 1. The molecule has 3 nitrogen and oxygen atoms in total. The Morgan fingerprint density at radius 1 is 1.10 bits per heavy atom. The van der Waals surface area contributed by atoms with Crippen molar-refractivity contribution < 1.29 is 4.74 Å². The standard InChI is InChI=1S/C17H20N2O/c1-11(2)14-5-4-12(3)16(10-14)20-15-8-6-13(7-9-15)17(18)19/h4-11H,1-3H3,(H3,18,19). The van der Waals surface area contributed by atoms with E-state index in [0.29, 0.717) is 11.5 Å². The maximum absolute atomic E-state index is 7.37. The molecule has 2 aromatic carbocycles. The molecule has 0 unspecified atom stereocenters. The molecule has 3 N–H and O–H groups in total. The highest BCUT2D eigenvalue weighted by atomic mass is 16.5. The summed E-state index contributed by atoms with van der Waals surface area (Å²) in [6, 6.07) is 13.5. The smallest absolute Gasteiger partial charge is 0.130 e. The minimum Gasteiger partial charge on any atom is -0.457 e. The fourth-order valence-corrected chi connectivity index (χ4v) is 1.92. The predicted octanol–water partition coefficient (Wildman–Crippen LogP) is 4.19. The molecule has 0 aromatic heterocycles. The Morgan fingerprint density at radius 2 is 1.75 bits per heavy atom. The molecule has 0 aliphatic carbocycles. The summed E-state index contributed by atoms with van der Waals surface area (Å²) in [5.41, 5.74) is 8.49. The number of nitrogens with two attached hydrogens (primary N) is 1. The molecule has 0 aliphatic heterocycles. The highest BCUT2D eigenvalue weighted by molar-refractivity contribution is 5.94. The SMILES string of the molecule is Cc1ccc(C(C)C)cc1Oc1ccc(C(=N)N)cc1. The second-order valence-corrected chi connectivity index (χ2v) is 5.22. The zero-order chi connectivity index (χ0) is 14.7. The lowest BCUT2D eigenvalue weighted by atomic mass is 10.0. The molecule has 0 heterocycles. The van der Waals surface area contributed by atoms with Crippen LogP contribution in [0.15, 0.2) is 42.5 Å². The monoisotopic (exact) mass is 268 g/mol. The van der Waals surface area contributed by atoms with Gasteiger partial charge in [-0.25, -0.2) is 0 Å². The van der Waals surface area contributed by atoms with Crippen molar-refractivity contribution in [2.75, 3.05) is 0 Å². The fraction of sp³-hybridized carbons (Fsp3) is 0.235. The summed E-state index contributed by atoms with van der Waals surface area (Å²) in [7, 11) is 0. The minimum atomic E-state index is 0.0644. The Morgan fingerprint density at radius 3 is 2.30 bits per heavy atom. The van der Waals surface area contributed by atoms with Crippen molar-refractivity contribution in [1.82, 2.24) is 0 Å². The number of benzene rings is 2. The topological polar surface area (TPSA) is 59.1 Å². The van der Waals surface area contributed by atoms with Gasteiger partial charge in [0.25, 0.3) is 0 Å². The van der Waals surface area contributed by atoms with Crippen molar-refractivity contribution in [1.29, 1.82) is 5.41 Å². The molecular weight excluding hydrogens is 248 g/mol. The number of rotatable bonds is 4. The van der Waals surface area contributed by atoms with Crippen LogP contribution in [-0.2, 0) is 0 Å². The van der Waals surface area contributed by atoms with Crippen molar-refractivity contribution in [2.24, 2.45) is 5.73 Å². The van der Waals surface area contributed by atoms with E-state index < -0.39 is 0 Å². The summed E-state index contributed by atoms with van der Waals surface area (Å²) in [6.45, 7) is 6.36. The van der Waals surface area contributed by atoms with E-state index in [9.17, 15) is 0 Å². The third-order valence-electron chi connectivity index (χ3n) is 3.27. The number of amidine groups is 1. The average Bonchev–Trinajstić information content (AvgIpc) is 2.41. The van der Waals surface area contributed by atoms with E-state index in [2.05, 4.69) is 32.0 Å². The summed E-state index contributed by atoms with van der Waals surface area (Å²) < 4.78 is 5.92. The van der Waals surface area contributed by atoms with Crippen LogP contribution < -0.4 is 10.5 Å². The number of nitrogen functional groups attached to an aromatic ring is 1. The number of nitrogens with one attached hydrogen (secondary N) is 1. The largest absolute Gasteiger partial charge is 0.457 e. The Bertz CT molecular complexity index is 615. The molecule has 20 heavy (non-hydrogen) atoms. The van der Waals surface area contributed by atoms with Gasteiger partial charge >= 0.3 is 0 Å². The highest BCUT2D eigenvalue weighted by Gasteiger charge is 2.06. The van der Waals surface area contributed by atoms with Gasteiger partial charge in [0.15, 0.2) is 0 Å². The molecular formula is C17H20N2O. The lowest BCUT2D eigenvalue weighted by Gasteiger charge is -2.12. The molecule has 2 rings (SSSR count). The van der Waals surface area contributed by atoms with Crippen LogP contribution in [0.4, 0.5) is 0 Å². The van der Waals surface area contributed by atoms with Gasteiger partial charge in [-0.1, -0.05) is 26.0 Å². The van der Waals surface area contributed by atoms with Crippen LogP contribution in [0.2, 0.25) is 0 Å². The van der Waals surface area contributed by atoms with Crippen molar-refractivity contribution in [3.8, 4) is 11.5 Å². The van der Waals surface area contributed by atoms with Gasteiger partial charge in [-0.2, -0.15) is 0 Å². The first-order chi connectivity index (χ1) is 9.47.